The SMILES string of the molecule is CCCNC(=O)C(C)N(Cc1ccc(OC)cc1)C(=O)CN(c1ccc(C)c(C)c1)S(C)(=O)=O. The second-order valence-corrected chi connectivity index (χ2v) is 10.3. The molecule has 2 rings (SSSR count). The summed E-state index contributed by atoms with van der Waals surface area (Å²) in [5.74, 6) is -0.0900. The van der Waals surface area contributed by atoms with Crippen LogP contribution in [-0.2, 0) is 26.2 Å². The van der Waals surface area contributed by atoms with Gasteiger partial charge in [0.15, 0.2) is 0 Å². The number of carbonyl (C=O) groups is 2. The fourth-order valence-corrected chi connectivity index (χ4v) is 4.24. The molecule has 2 amide bonds. The number of benzene rings is 2. The summed E-state index contributed by atoms with van der Waals surface area (Å²) in [6, 6.07) is 11.6. The van der Waals surface area contributed by atoms with Crippen LogP contribution in [0.25, 0.3) is 0 Å². The van der Waals surface area contributed by atoms with Crippen LogP contribution in [0.3, 0.4) is 0 Å². The van der Waals surface area contributed by atoms with Gasteiger partial charge in [0.05, 0.1) is 19.1 Å². The molecule has 1 N–H and O–H groups in total. The van der Waals surface area contributed by atoms with Crippen LogP contribution in [0, 0.1) is 13.8 Å². The van der Waals surface area contributed by atoms with E-state index in [-0.39, 0.29) is 12.5 Å². The quantitative estimate of drug-likeness (QED) is 0.523. The van der Waals surface area contributed by atoms with Gasteiger partial charge in [0.1, 0.15) is 18.3 Å². The van der Waals surface area contributed by atoms with E-state index in [4.69, 9.17) is 4.74 Å². The summed E-state index contributed by atoms with van der Waals surface area (Å²) >= 11 is 0. The van der Waals surface area contributed by atoms with Crippen LogP contribution in [0.15, 0.2) is 42.5 Å². The van der Waals surface area contributed by atoms with Gasteiger partial charge in [0, 0.05) is 13.1 Å². The van der Waals surface area contributed by atoms with E-state index < -0.39 is 28.5 Å². The number of hydrogen-bond acceptors (Lipinski definition) is 5. The molecule has 1 atom stereocenters. The predicted molar refractivity (Wildman–Crippen MR) is 134 cm³/mol. The molecule has 2 aromatic rings. The van der Waals surface area contributed by atoms with E-state index >= 15 is 0 Å². The van der Waals surface area contributed by atoms with Crippen molar-refractivity contribution in [2.24, 2.45) is 0 Å². The highest BCUT2D eigenvalue weighted by molar-refractivity contribution is 7.92. The van der Waals surface area contributed by atoms with Crippen LogP contribution < -0.4 is 14.4 Å². The first-order valence-corrected chi connectivity index (χ1v) is 13.1. The highest BCUT2D eigenvalue weighted by Gasteiger charge is 2.30. The first kappa shape index (κ1) is 27.2. The molecule has 34 heavy (non-hydrogen) atoms. The largest absolute Gasteiger partial charge is 0.497 e. The highest BCUT2D eigenvalue weighted by Crippen LogP contribution is 2.22. The predicted octanol–water partition coefficient (Wildman–Crippen LogP) is 3.02. The van der Waals surface area contributed by atoms with Crippen molar-refractivity contribution in [3.05, 3.63) is 59.2 Å². The number of sulfonamides is 1. The molecule has 0 saturated heterocycles. The van der Waals surface area contributed by atoms with Gasteiger partial charge in [-0.05, 0) is 68.1 Å². The molecule has 0 aliphatic rings. The van der Waals surface area contributed by atoms with E-state index in [1.807, 2.05) is 39.0 Å². The Morgan fingerprint density at radius 3 is 2.24 bits per heavy atom. The second-order valence-electron chi connectivity index (χ2n) is 8.37. The Morgan fingerprint density at radius 2 is 1.71 bits per heavy atom. The molecule has 8 nitrogen and oxygen atoms in total. The summed E-state index contributed by atoms with van der Waals surface area (Å²) < 4.78 is 31.5. The summed E-state index contributed by atoms with van der Waals surface area (Å²) in [7, 11) is -2.18. The zero-order chi connectivity index (χ0) is 25.5. The van der Waals surface area contributed by atoms with Gasteiger partial charge in [-0.1, -0.05) is 25.1 Å². The zero-order valence-corrected chi connectivity index (χ0v) is 21.6. The topological polar surface area (TPSA) is 96.0 Å². The first-order valence-electron chi connectivity index (χ1n) is 11.2. The lowest BCUT2D eigenvalue weighted by Crippen LogP contribution is -2.51. The number of hydrogen-bond donors (Lipinski definition) is 1. The van der Waals surface area contributed by atoms with E-state index in [2.05, 4.69) is 5.32 Å². The third-order valence-electron chi connectivity index (χ3n) is 5.69. The number of rotatable bonds is 11. The Bertz CT molecular complexity index is 1100. The Morgan fingerprint density at radius 1 is 1.06 bits per heavy atom. The van der Waals surface area contributed by atoms with Crippen LogP contribution in [0.1, 0.15) is 37.0 Å². The van der Waals surface area contributed by atoms with Crippen LogP contribution in [0.2, 0.25) is 0 Å². The lowest BCUT2D eigenvalue weighted by Gasteiger charge is -2.31. The average Bonchev–Trinajstić information content (AvgIpc) is 2.80. The number of aryl methyl sites for hydroxylation is 2. The van der Waals surface area contributed by atoms with Gasteiger partial charge in [-0.2, -0.15) is 0 Å². The maximum atomic E-state index is 13.5. The summed E-state index contributed by atoms with van der Waals surface area (Å²) in [5.41, 5.74) is 3.14. The number of nitrogens with zero attached hydrogens (tertiary/aromatic N) is 2. The maximum absolute atomic E-state index is 13.5. The molecule has 0 bridgehead atoms. The van der Waals surface area contributed by atoms with E-state index in [1.54, 1.807) is 38.3 Å². The number of carbonyl (C=O) groups excluding carboxylic acids is 2. The Kier molecular flexibility index (Phi) is 9.49. The number of anilines is 1. The molecule has 9 heteroatoms. The van der Waals surface area contributed by atoms with Gasteiger partial charge in [-0.15, -0.1) is 0 Å². The molecular weight excluding hydrogens is 454 g/mol. The van der Waals surface area contributed by atoms with Crippen molar-refractivity contribution < 1.29 is 22.7 Å². The van der Waals surface area contributed by atoms with E-state index in [9.17, 15) is 18.0 Å². The van der Waals surface area contributed by atoms with Crippen LogP contribution >= 0.6 is 0 Å². The van der Waals surface area contributed by atoms with Crippen molar-refractivity contribution >= 4 is 27.5 Å². The summed E-state index contributed by atoms with van der Waals surface area (Å²) in [5, 5.41) is 2.82. The number of methoxy groups -OCH3 is 1. The molecule has 0 aliphatic heterocycles. The van der Waals surface area contributed by atoms with Crippen molar-refractivity contribution in [3.63, 3.8) is 0 Å². The standard InChI is InChI=1S/C25H35N3O5S/c1-7-14-26-25(30)20(4)27(16-21-9-12-23(33-5)13-10-21)24(29)17-28(34(6,31)32)22-11-8-18(2)19(3)15-22/h8-13,15,20H,7,14,16-17H2,1-6H3,(H,26,30). The smallest absolute Gasteiger partial charge is 0.244 e. The van der Waals surface area contributed by atoms with E-state index in [0.29, 0.717) is 18.0 Å². The Labute approximate surface area is 202 Å². The van der Waals surface area contributed by atoms with Crippen molar-refractivity contribution in [1.82, 2.24) is 10.2 Å². The molecular formula is C25H35N3O5S. The minimum atomic E-state index is -3.75. The summed E-state index contributed by atoms with van der Waals surface area (Å²) in [6.45, 7) is 7.63. The van der Waals surface area contributed by atoms with E-state index in [0.717, 1.165) is 33.7 Å². The van der Waals surface area contributed by atoms with Gasteiger partial charge in [0.25, 0.3) is 0 Å². The molecule has 2 aromatic carbocycles. The molecule has 0 aliphatic carbocycles. The van der Waals surface area contributed by atoms with Crippen LogP contribution in [0.4, 0.5) is 5.69 Å². The molecule has 1 unspecified atom stereocenters. The summed E-state index contributed by atoms with van der Waals surface area (Å²) in [6.07, 6.45) is 1.83. The fourth-order valence-electron chi connectivity index (χ4n) is 3.40. The second kappa shape index (κ2) is 11.9. The van der Waals surface area contributed by atoms with Crippen molar-refractivity contribution in [2.75, 3.05) is 30.8 Å². The Hall–Kier alpha value is -3.07. The third kappa shape index (κ3) is 7.21. The molecule has 0 saturated carbocycles. The third-order valence-corrected chi connectivity index (χ3v) is 6.83. The van der Waals surface area contributed by atoms with Gasteiger partial charge in [0.2, 0.25) is 21.8 Å². The molecule has 0 fully saturated rings. The van der Waals surface area contributed by atoms with E-state index in [1.165, 1.54) is 4.90 Å². The number of ether oxygens (including phenoxy) is 1. The lowest BCUT2D eigenvalue weighted by atomic mass is 10.1. The molecule has 0 spiro atoms. The van der Waals surface area contributed by atoms with Crippen molar-refractivity contribution in [3.8, 4) is 5.75 Å². The molecule has 0 radical (unpaired) electrons. The minimum absolute atomic E-state index is 0.147. The number of nitrogens with one attached hydrogen (secondary N) is 1. The van der Waals surface area contributed by atoms with Gasteiger partial charge in [-0.3, -0.25) is 13.9 Å². The molecule has 0 aromatic heterocycles. The molecule has 186 valence electrons. The zero-order valence-electron chi connectivity index (χ0n) is 20.8. The fraction of sp³-hybridized carbons (Fsp3) is 0.440. The van der Waals surface area contributed by atoms with Crippen molar-refractivity contribution in [1.29, 1.82) is 0 Å². The monoisotopic (exact) mass is 489 g/mol. The molecule has 0 heterocycles. The van der Waals surface area contributed by atoms with Gasteiger partial charge in [-0.25, -0.2) is 8.42 Å². The van der Waals surface area contributed by atoms with Gasteiger partial charge >= 0.3 is 0 Å². The highest BCUT2D eigenvalue weighted by atomic mass is 32.2. The summed E-state index contributed by atoms with van der Waals surface area (Å²) in [4.78, 5) is 27.6. The number of amides is 2. The maximum Gasteiger partial charge on any atom is 0.244 e. The lowest BCUT2D eigenvalue weighted by molar-refractivity contribution is -0.139. The Balaban J connectivity index is 2.38. The first-order chi connectivity index (χ1) is 16.0. The van der Waals surface area contributed by atoms with Crippen LogP contribution in [0.5, 0.6) is 5.75 Å². The normalized spacial score (nSPS) is 12.1. The van der Waals surface area contributed by atoms with Crippen molar-refractivity contribution in [2.45, 2.75) is 46.7 Å². The van der Waals surface area contributed by atoms with Crippen LogP contribution in [-0.4, -0.2) is 57.6 Å². The van der Waals surface area contributed by atoms with Gasteiger partial charge < -0.3 is 15.0 Å². The minimum Gasteiger partial charge on any atom is -0.497 e. The average molecular weight is 490 g/mol.